The summed E-state index contributed by atoms with van der Waals surface area (Å²) in [6, 6.07) is 5.12. The van der Waals surface area contributed by atoms with E-state index in [1.165, 1.54) is 0 Å². The number of carbonyl (C=O) groups excluding carboxylic acids is 1. The standard InChI is InChI=1S/C12H15BrN2O2/c1-4-8(2)14-15-12(16)9-5-6-11(17-3)10(13)7-9/h5-7H,4H2,1-3H3,(H,15,16). The third-order valence-corrected chi connectivity index (χ3v) is 2.89. The number of nitrogens with zero attached hydrogens (tertiary/aromatic N) is 1. The molecule has 0 aliphatic rings. The zero-order valence-corrected chi connectivity index (χ0v) is 11.7. The Morgan fingerprint density at radius 1 is 1.53 bits per heavy atom. The van der Waals surface area contributed by atoms with Crippen LogP contribution in [-0.4, -0.2) is 18.7 Å². The molecule has 0 saturated heterocycles. The molecule has 0 aromatic heterocycles. The molecule has 0 spiro atoms. The highest BCUT2D eigenvalue weighted by atomic mass is 79.9. The molecule has 0 atom stereocenters. The maximum absolute atomic E-state index is 11.7. The van der Waals surface area contributed by atoms with Gasteiger partial charge in [-0.1, -0.05) is 6.92 Å². The van der Waals surface area contributed by atoms with E-state index in [0.29, 0.717) is 11.3 Å². The first-order valence-corrected chi connectivity index (χ1v) is 6.04. The van der Waals surface area contributed by atoms with Crippen LogP contribution < -0.4 is 10.2 Å². The SMILES string of the molecule is CCC(C)=NNC(=O)c1ccc(OC)c(Br)c1. The lowest BCUT2D eigenvalue weighted by Crippen LogP contribution is -2.18. The molecule has 92 valence electrons. The van der Waals surface area contributed by atoms with Gasteiger partial charge in [-0.3, -0.25) is 4.79 Å². The van der Waals surface area contributed by atoms with E-state index in [2.05, 4.69) is 26.5 Å². The number of amides is 1. The number of rotatable bonds is 4. The minimum absolute atomic E-state index is 0.235. The highest BCUT2D eigenvalue weighted by Gasteiger charge is 2.07. The third kappa shape index (κ3) is 3.85. The van der Waals surface area contributed by atoms with Crippen LogP contribution in [0.4, 0.5) is 0 Å². The molecule has 0 heterocycles. The molecule has 17 heavy (non-hydrogen) atoms. The summed E-state index contributed by atoms with van der Waals surface area (Å²) < 4.78 is 5.83. The smallest absolute Gasteiger partial charge is 0.271 e. The number of hydrogen-bond acceptors (Lipinski definition) is 3. The van der Waals surface area contributed by atoms with Gasteiger partial charge in [-0.05, 0) is 47.5 Å². The van der Waals surface area contributed by atoms with E-state index in [9.17, 15) is 4.79 Å². The maximum atomic E-state index is 11.7. The highest BCUT2D eigenvalue weighted by molar-refractivity contribution is 9.10. The summed E-state index contributed by atoms with van der Waals surface area (Å²) in [4.78, 5) is 11.7. The first-order chi connectivity index (χ1) is 8.08. The van der Waals surface area contributed by atoms with Crippen molar-refractivity contribution in [2.75, 3.05) is 7.11 Å². The van der Waals surface area contributed by atoms with Gasteiger partial charge in [0.2, 0.25) is 0 Å². The summed E-state index contributed by atoms with van der Waals surface area (Å²) in [6.07, 6.45) is 0.812. The zero-order chi connectivity index (χ0) is 12.8. The van der Waals surface area contributed by atoms with Crippen molar-refractivity contribution in [1.82, 2.24) is 5.43 Å². The summed E-state index contributed by atoms with van der Waals surface area (Å²) in [6.45, 7) is 3.85. The number of hydrogen-bond donors (Lipinski definition) is 1. The molecule has 0 unspecified atom stereocenters. The second-order valence-corrected chi connectivity index (χ2v) is 4.35. The minimum Gasteiger partial charge on any atom is -0.496 e. The Bertz CT molecular complexity index is 444. The van der Waals surface area contributed by atoms with Crippen molar-refractivity contribution in [1.29, 1.82) is 0 Å². The largest absolute Gasteiger partial charge is 0.496 e. The van der Waals surface area contributed by atoms with E-state index in [1.807, 2.05) is 13.8 Å². The van der Waals surface area contributed by atoms with Gasteiger partial charge in [0.1, 0.15) is 5.75 Å². The summed E-state index contributed by atoms with van der Waals surface area (Å²) in [5, 5.41) is 3.96. The van der Waals surface area contributed by atoms with Crippen LogP contribution in [0.5, 0.6) is 5.75 Å². The second-order valence-electron chi connectivity index (χ2n) is 3.49. The van der Waals surface area contributed by atoms with Gasteiger partial charge in [0.25, 0.3) is 5.91 Å². The number of benzene rings is 1. The van der Waals surface area contributed by atoms with Crippen LogP contribution in [0, 0.1) is 0 Å². The van der Waals surface area contributed by atoms with Crippen molar-refractivity contribution >= 4 is 27.5 Å². The fourth-order valence-corrected chi connectivity index (χ4v) is 1.64. The lowest BCUT2D eigenvalue weighted by Gasteiger charge is -2.05. The normalized spacial score (nSPS) is 11.2. The van der Waals surface area contributed by atoms with E-state index in [-0.39, 0.29) is 5.91 Å². The van der Waals surface area contributed by atoms with Crippen molar-refractivity contribution in [3.8, 4) is 5.75 Å². The molecule has 5 heteroatoms. The Morgan fingerprint density at radius 2 is 2.24 bits per heavy atom. The van der Waals surface area contributed by atoms with Crippen LogP contribution in [0.3, 0.4) is 0 Å². The average Bonchev–Trinajstić information content (AvgIpc) is 2.35. The van der Waals surface area contributed by atoms with Crippen LogP contribution in [-0.2, 0) is 0 Å². The molecular weight excluding hydrogens is 284 g/mol. The first kappa shape index (κ1) is 13.7. The number of ether oxygens (including phenoxy) is 1. The van der Waals surface area contributed by atoms with Crippen LogP contribution in [0.15, 0.2) is 27.8 Å². The highest BCUT2D eigenvalue weighted by Crippen LogP contribution is 2.25. The molecule has 4 nitrogen and oxygen atoms in total. The molecule has 1 aromatic carbocycles. The quantitative estimate of drug-likeness (QED) is 0.686. The molecular formula is C12H15BrN2O2. The monoisotopic (exact) mass is 298 g/mol. The van der Waals surface area contributed by atoms with Crippen molar-refractivity contribution in [2.24, 2.45) is 5.10 Å². The second kappa shape index (κ2) is 6.39. The Hall–Kier alpha value is -1.36. The van der Waals surface area contributed by atoms with Gasteiger partial charge in [0.15, 0.2) is 0 Å². The Kier molecular flexibility index (Phi) is 5.15. The number of hydrazone groups is 1. The summed E-state index contributed by atoms with van der Waals surface area (Å²) in [5.74, 6) is 0.455. The summed E-state index contributed by atoms with van der Waals surface area (Å²) in [5.41, 5.74) is 3.91. The molecule has 0 aliphatic carbocycles. The Morgan fingerprint density at radius 3 is 2.76 bits per heavy atom. The topological polar surface area (TPSA) is 50.7 Å². The Balaban J connectivity index is 2.80. The van der Waals surface area contributed by atoms with Gasteiger partial charge in [-0.15, -0.1) is 0 Å². The van der Waals surface area contributed by atoms with Crippen molar-refractivity contribution in [3.63, 3.8) is 0 Å². The Labute approximate surface area is 109 Å². The lowest BCUT2D eigenvalue weighted by atomic mass is 10.2. The van der Waals surface area contributed by atoms with Gasteiger partial charge in [-0.25, -0.2) is 5.43 Å². The van der Waals surface area contributed by atoms with Gasteiger partial charge < -0.3 is 4.74 Å². The lowest BCUT2D eigenvalue weighted by molar-refractivity contribution is 0.0954. The van der Waals surface area contributed by atoms with Crippen LogP contribution in [0.2, 0.25) is 0 Å². The number of halogens is 1. The molecule has 0 saturated carbocycles. The molecule has 1 amide bonds. The van der Waals surface area contributed by atoms with Crippen molar-refractivity contribution in [2.45, 2.75) is 20.3 Å². The van der Waals surface area contributed by atoms with Gasteiger partial charge >= 0.3 is 0 Å². The van der Waals surface area contributed by atoms with Gasteiger partial charge in [-0.2, -0.15) is 5.10 Å². The third-order valence-electron chi connectivity index (χ3n) is 2.27. The predicted molar refractivity (Wildman–Crippen MR) is 71.6 cm³/mol. The minimum atomic E-state index is -0.235. The van der Waals surface area contributed by atoms with E-state index < -0.39 is 0 Å². The van der Waals surface area contributed by atoms with E-state index >= 15 is 0 Å². The molecule has 0 bridgehead atoms. The molecule has 0 aliphatic heterocycles. The number of carbonyl (C=O) groups is 1. The summed E-state index contributed by atoms with van der Waals surface area (Å²) in [7, 11) is 1.58. The van der Waals surface area contributed by atoms with Gasteiger partial charge in [0.05, 0.1) is 11.6 Å². The van der Waals surface area contributed by atoms with E-state index in [4.69, 9.17) is 4.74 Å². The predicted octanol–water partition coefficient (Wildman–Crippen LogP) is 2.97. The zero-order valence-electron chi connectivity index (χ0n) is 10.1. The summed E-state index contributed by atoms with van der Waals surface area (Å²) >= 11 is 3.33. The van der Waals surface area contributed by atoms with Crippen molar-refractivity contribution in [3.05, 3.63) is 28.2 Å². The van der Waals surface area contributed by atoms with Crippen LogP contribution in [0.25, 0.3) is 0 Å². The van der Waals surface area contributed by atoms with E-state index in [1.54, 1.807) is 25.3 Å². The molecule has 1 aromatic rings. The molecule has 0 radical (unpaired) electrons. The van der Waals surface area contributed by atoms with Crippen molar-refractivity contribution < 1.29 is 9.53 Å². The first-order valence-electron chi connectivity index (χ1n) is 5.25. The molecule has 1 rings (SSSR count). The fourth-order valence-electron chi connectivity index (χ4n) is 1.10. The van der Waals surface area contributed by atoms with E-state index in [0.717, 1.165) is 16.6 Å². The number of methoxy groups -OCH3 is 1. The number of nitrogens with one attached hydrogen (secondary N) is 1. The van der Waals surface area contributed by atoms with Crippen LogP contribution in [0.1, 0.15) is 30.6 Å². The molecule has 0 fully saturated rings. The molecule has 1 N–H and O–H groups in total. The van der Waals surface area contributed by atoms with Crippen LogP contribution >= 0.6 is 15.9 Å². The maximum Gasteiger partial charge on any atom is 0.271 e. The fraction of sp³-hybridized carbons (Fsp3) is 0.333. The van der Waals surface area contributed by atoms with Gasteiger partial charge in [0, 0.05) is 11.3 Å². The average molecular weight is 299 g/mol.